The van der Waals surface area contributed by atoms with E-state index < -0.39 is 0 Å². The minimum absolute atomic E-state index is 0.768. The van der Waals surface area contributed by atoms with Crippen LogP contribution >= 0.6 is 11.3 Å². The minimum Gasteiger partial charge on any atom is -0.271 e. The monoisotopic (exact) mass is 142 g/mol. The molecule has 0 saturated carbocycles. The average molecular weight is 142 g/mol. The summed E-state index contributed by atoms with van der Waals surface area (Å²) in [6, 6.07) is 2.13. The molecule has 3 heteroatoms. The van der Waals surface area contributed by atoms with Gasteiger partial charge in [0.1, 0.15) is 0 Å². The van der Waals surface area contributed by atoms with Crippen molar-refractivity contribution in [3.05, 3.63) is 21.9 Å². The lowest BCUT2D eigenvalue weighted by Gasteiger charge is -1.90. The molecular formula is C6H10N2S. The Balaban J connectivity index is 2.61. The third kappa shape index (κ3) is 1.78. The molecule has 0 aliphatic heterocycles. The summed E-state index contributed by atoms with van der Waals surface area (Å²) in [5.74, 6) is 5.12. The van der Waals surface area contributed by atoms with Gasteiger partial charge in [0.05, 0.1) is 0 Å². The number of thiophene rings is 1. The van der Waals surface area contributed by atoms with Gasteiger partial charge in [0.25, 0.3) is 0 Å². The molecule has 0 saturated heterocycles. The van der Waals surface area contributed by atoms with E-state index in [-0.39, 0.29) is 0 Å². The van der Waals surface area contributed by atoms with Gasteiger partial charge in [0.15, 0.2) is 0 Å². The Bertz CT molecular complexity index is 183. The highest BCUT2D eigenvalue weighted by molar-refractivity contribution is 7.10. The second-order valence-corrected chi connectivity index (χ2v) is 3.06. The van der Waals surface area contributed by atoms with Gasteiger partial charge in [-0.2, -0.15) is 0 Å². The molecule has 0 fully saturated rings. The molecular weight excluding hydrogens is 132 g/mol. The summed E-state index contributed by atoms with van der Waals surface area (Å²) < 4.78 is 0. The number of nitrogens with one attached hydrogen (secondary N) is 1. The zero-order chi connectivity index (χ0) is 6.69. The van der Waals surface area contributed by atoms with E-state index in [0.717, 1.165) is 6.54 Å². The molecule has 1 aromatic heterocycles. The Morgan fingerprint density at radius 1 is 1.78 bits per heavy atom. The fraction of sp³-hybridized carbons (Fsp3) is 0.333. The van der Waals surface area contributed by atoms with Gasteiger partial charge >= 0.3 is 0 Å². The second kappa shape index (κ2) is 2.96. The molecule has 0 unspecified atom stereocenters. The van der Waals surface area contributed by atoms with E-state index >= 15 is 0 Å². The van der Waals surface area contributed by atoms with Gasteiger partial charge in [-0.05, 0) is 23.9 Å². The van der Waals surface area contributed by atoms with Crippen LogP contribution in [-0.4, -0.2) is 0 Å². The summed E-state index contributed by atoms with van der Waals surface area (Å²) in [5, 5.41) is 2.11. The number of aryl methyl sites for hydroxylation is 1. The molecule has 1 aromatic rings. The summed E-state index contributed by atoms with van der Waals surface area (Å²) >= 11 is 1.75. The molecule has 3 N–H and O–H groups in total. The van der Waals surface area contributed by atoms with Crippen molar-refractivity contribution in [2.24, 2.45) is 5.84 Å². The first-order valence-corrected chi connectivity index (χ1v) is 3.68. The molecule has 0 atom stereocenters. The molecule has 1 heterocycles. The minimum atomic E-state index is 0.768. The zero-order valence-corrected chi connectivity index (χ0v) is 6.16. The Morgan fingerprint density at radius 3 is 3.00 bits per heavy atom. The van der Waals surface area contributed by atoms with Crippen LogP contribution < -0.4 is 11.3 Å². The predicted molar refractivity (Wildman–Crippen MR) is 40.1 cm³/mol. The van der Waals surface area contributed by atoms with E-state index in [1.54, 1.807) is 11.3 Å². The van der Waals surface area contributed by atoms with Crippen LogP contribution in [0.25, 0.3) is 0 Å². The summed E-state index contributed by atoms with van der Waals surface area (Å²) in [7, 11) is 0. The van der Waals surface area contributed by atoms with Crippen LogP contribution in [0.5, 0.6) is 0 Å². The summed E-state index contributed by atoms with van der Waals surface area (Å²) in [6.45, 7) is 2.86. The molecule has 0 aliphatic rings. The maximum absolute atomic E-state index is 5.12. The first kappa shape index (κ1) is 6.74. The normalized spacial score (nSPS) is 10.0. The first-order chi connectivity index (χ1) is 4.33. The van der Waals surface area contributed by atoms with E-state index in [9.17, 15) is 0 Å². The molecule has 0 spiro atoms. The van der Waals surface area contributed by atoms with Crippen molar-refractivity contribution in [3.63, 3.8) is 0 Å². The van der Waals surface area contributed by atoms with Crippen LogP contribution in [0.2, 0.25) is 0 Å². The largest absolute Gasteiger partial charge is 0.271 e. The van der Waals surface area contributed by atoms with Crippen molar-refractivity contribution in [1.29, 1.82) is 0 Å². The van der Waals surface area contributed by atoms with Gasteiger partial charge in [-0.1, -0.05) is 0 Å². The molecule has 0 bridgehead atoms. The van der Waals surface area contributed by atoms with Crippen LogP contribution in [0.1, 0.15) is 10.4 Å². The fourth-order valence-corrected chi connectivity index (χ4v) is 1.42. The molecule has 0 aromatic carbocycles. The van der Waals surface area contributed by atoms with Crippen LogP contribution in [0.3, 0.4) is 0 Å². The number of hydrogen-bond donors (Lipinski definition) is 2. The van der Waals surface area contributed by atoms with Gasteiger partial charge in [0, 0.05) is 11.4 Å². The second-order valence-electron chi connectivity index (χ2n) is 1.95. The number of rotatable bonds is 2. The highest BCUT2D eigenvalue weighted by atomic mass is 32.1. The fourth-order valence-electron chi connectivity index (χ4n) is 0.708. The van der Waals surface area contributed by atoms with Crippen molar-refractivity contribution >= 4 is 11.3 Å². The standard InChI is InChI=1S/C6H10N2S/c1-5-2-6(3-8-7)4-9-5/h2,4,8H,3,7H2,1H3. The molecule has 9 heavy (non-hydrogen) atoms. The summed E-state index contributed by atoms with van der Waals surface area (Å²) in [6.07, 6.45) is 0. The smallest absolute Gasteiger partial charge is 0.0357 e. The van der Waals surface area contributed by atoms with Crippen molar-refractivity contribution in [3.8, 4) is 0 Å². The zero-order valence-electron chi connectivity index (χ0n) is 5.35. The van der Waals surface area contributed by atoms with E-state index in [2.05, 4.69) is 23.8 Å². The third-order valence-corrected chi connectivity index (χ3v) is 2.00. The number of hydrazine groups is 1. The summed E-state index contributed by atoms with van der Waals surface area (Å²) in [5.41, 5.74) is 3.87. The van der Waals surface area contributed by atoms with Crippen LogP contribution in [0.15, 0.2) is 11.4 Å². The Kier molecular flexibility index (Phi) is 2.22. The lowest BCUT2D eigenvalue weighted by molar-refractivity contribution is 0.743. The first-order valence-electron chi connectivity index (χ1n) is 2.80. The molecule has 1 rings (SSSR count). The van der Waals surface area contributed by atoms with Crippen molar-refractivity contribution in [2.75, 3.05) is 0 Å². The molecule has 0 amide bonds. The molecule has 0 radical (unpaired) electrons. The third-order valence-electron chi connectivity index (χ3n) is 1.09. The average Bonchev–Trinajstić information content (AvgIpc) is 2.17. The van der Waals surface area contributed by atoms with Gasteiger partial charge < -0.3 is 0 Å². The quantitative estimate of drug-likeness (QED) is 0.478. The Labute approximate surface area is 58.7 Å². The Morgan fingerprint density at radius 2 is 2.56 bits per heavy atom. The van der Waals surface area contributed by atoms with Gasteiger partial charge in [-0.15, -0.1) is 11.3 Å². The highest BCUT2D eigenvalue weighted by Crippen LogP contribution is 2.11. The molecule has 2 nitrogen and oxygen atoms in total. The van der Waals surface area contributed by atoms with Gasteiger partial charge in [-0.25, -0.2) is 0 Å². The number of hydrogen-bond acceptors (Lipinski definition) is 3. The summed E-state index contributed by atoms with van der Waals surface area (Å²) in [4.78, 5) is 1.33. The lowest BCUT2D eigenvalue weighted by atomic mass is 10.3. The SMILES string of the molecule is Cc1cc(CNN)cs1. The number of nitrogens with two attached hydrogens (primary N) is 1. The van der Waals surface area contributed by atoms with E-state index in [1.165, 1.54) is 10.4 Å². The van der Waals surface area contributed by atoms with Crippen molar-refractivity contribution < 1.29 is 0 Å². The maximum atomic E-state index is 5.12. The van der Waals surface area contributed by atoms with Gasteiger partial charge in [0.2, 0.25) is 0 Å². The van der Waals surface area contributed by atoms with Crippen LogP contribution in [-0.2, 0) is 6.54 Å². The predicted octanol–water partition coefficient (Wildman–Crippen LogP) is 1.02. The van der Waals surface area contributed by atoms with E-state index in [0.29, 0.717) is 0 Å². The Hall–Kier alpha value is -0.380. The van der Waals surface area contributed by atoms with E-state index in [1.807, 2.05) is 0 Å². The maximum Gasteiger partial charge on any atom is 0.0357 e. The lowest BCUT2D eigenvalue weighted by Crippen LogP contribution is -2.20. The van der Waals surface area contributed by atoms with Crippen molar-refractivity contribution in [2.45, 2.75) is 13.5 Å². The molecule has 0 aliphatic carbocycles. The molecule has 50 valence electrons. The van der Waals surface area contributed by atoms with Crippen molar-refractivity contribution in [1.82, 2.24) is 5.43 Å². The highest BCUT2D eigenvalue weighted by Gasteiger charge is 1.91. The van der Waals surface area contributed by atoms with Gasteiger partial charge in [-0.3, -0.25) is 11.3 Å². The van der Waals surface area contributed by atoms with E-state index in [4.69, 9.17) is 5.84 Å². The topological polar surface area (TPSA) is 38.0 Å². The van der Waals surface area contributed by atoms with Crippen LogP contribution in [0, 0.1) is 6.92 Å². The van der Waals surface area contributed by atoms with Crippen LogP contribution in [0.4, 0.5) is 0 Å².